The second kappa shape index (κ2) is 6.49. The minimum atomic E-state index is 0.240. The zero-order valence-corrected chi connectivity index (χ0v) is 12.9. The van der Waals surface area contributed by atoms with Gasteiger partial charge in [0.1, 0.15) is 0 Å². The van der Waals surface area contributed by atoms with E-state index in [9.17, 15) is 5.26 Å². The Bertz CT molecular complexity index is 485. The zero-order chi connectivity index (χ0) is 14.7. The first-order valence-corrected chi connectivity index (χ1v) is 8.21. The maximum atomic E-state index is 9.42. The summed E-state index contributed by atoms with van der Waals surface area (Å²) in [6.07, 6.45) is 3.50. The number of piperazine rings is 1. The molecule has 0 radical (unpaired) electrons. The number of nitriles is 1. The first kappa shape index (κ1) is 14.4. The molecular formula is C18H25N3. The first-order chi connectivity index (χ1) is 10.3. The van der Waals surface area contributed by atoms with Crippen molar-refractivity contribution in [1.29, 1.82) is 5.26 Å². The molecule has 1 aromatic rings. The molecule has 0 spiro atoms. The number of nitrogens with zero attached hydrogens (tertiary/aromatic N) is 3. The van der Waals surface area contributed by atoms with Crippen molar-refractivity contribution in [3.63, 3.8) is 0 Å². The molecule has 0 aromatic heterocycles. The average Bonchev–Trinajstić information content (AvgIpc) is 2.56. The number of anilines is 1. The van der Waals surface area contributed by atoms with Gasteiger partial charge in [-0.15, -0.1) is 0 Å². The Kier molecular flexibility index (Phi) is 4.45. The molecule has 1 aliphatic heterocycles. The zero-order valence-electron chi connectivity index (χ0n) is 12.9. The molecule has 1 aliphatic carbocycles. The van der Waals surface area contributed by atoms with Gasteiger partial charge in [0.15, 0.2) is 0 Å². The van der Waals surface area contributed by atoms with E-state index in [-0.39, 0.29) is 5.92 Å². The summed E-state index contributed by atoms with van der Waals surface area (Å²) in [5, 5.41) is 9.42. The first-order valence-electron chi connectivity index (χ1n) is 8.21. The topological polar surface area (TPSA) is 30.3 Å². The molecule has 3 rings (SSSR count). The maximum absolute atomic E-state index is 9.42. The molecular weight excluding hydrogens is 258 g/mol. The minimum Gasteiger partial charge on any atom is -0.369 e. The largest absolute Gasteiger partial charge is 0.369 e. The SMILES string of the molecule is CC1CCC(C#N)C(N2CCN(c3ccccc3)CC2)C1. The third-order valence-corrected chi connectivity index (χ3v) is 5.15. The number of hydrogen-bond acceptors (Lipinski definition) is 3. The van der Waals surface area contributed by atoms with Gasteiger partial charge in [-0.2, -0.15) is 5.26 Å². The lowest BCUT2D eigenvalue weighted by Crippen LogP contribution is -2.53. The smallest absolute Gasteiger partial charge is 0.0672 e. The summed E-state index contributed by atoms with van der Waals surface area (Å²) in [5.41, 5.74) is 1.32. The molecule has 21 heavy (non-hydrogen) atoms. The monoisotopic (exact) mass is 283 g/mol. The average molecular weight is 283 g/mol. The van der Waals surface area contributed by atoms with Crippen molar-refractivity contribution >= 4 is 5.69 Å². The van der Waals surface area contributed by atoms with Crippen LogP contribution < -0.4 is 4.90 Å². The highest BCUT2D eigenvalue weighted by Gasteiger charge is 2.34. The Balaban J connectivity index is 1.61. The lowest BCUT2D eigenvalue weighted by atomic mass is 9.79. The lowest BCUT2D eigenvalue weighted by molar-refractivity contribution is 0.0995. The Labute approximate surface area is 128 Å². The van der Waals surface area contributed by atoms with Crippen LogP contribution in [-0.2, 0) is 0 Å². The predicted octanol–water partition coefficient (Wildman–Crippen LogP) is 3.14. The van der Waals surface area contributed by atoms with Crippen LogP contribution in [0.15, 0.2) is 30.3 Å². The fourth-order valence-electron chi connectivity index (χ4n) is 3.86. The normalized spacial score (nSPS) is 30.9. The van der Waals surface area contributed by atoms with Crippen molar-refractivity contribution in [2.24, 2.45) is 11.8 Å². The van der Waals surface area contributed by atoms with Gasteiger partial charge in [-0.1, -0.05) is 25.1 Å². The quantitative estimate of drug-likeness (QED) is 0.835. The second-order valence-electron chi connectivity index (χ2n) is 6.58. The number of para-hydroxylation sites is 1. The van der Waals surface area contributed by atoms with E-state index >= 15 is 0 Å². The van der Waals surface area contributed by atoms with Crippen molar-refractivity contribution in [1.82, 2.24) is 4.90 Å². The number of hydrogen-bond donors (Lipinski definition) is 0. The number of rotatable bonds is 2. The van der Waals surface area contributed by atoms with Crippen LogP contribution in [0.4, 0.5) is 5.69 Å². The lowest BCUT2D eigenvalue weighted by Gasteiger charge is -2.44. The van der Waals surface area contributed by atoms with E-state index in [0.717, 1.165) is 38.5 Å². The van der Waals surface area contributed by atoms with Crippen LogP contribution in [0.5, 0.6) is 0 Å². The van der Waals surface area contributed by atoms with Crippen LogP contribution in [0.25, 0.3) is 0 Å². The molecule has 1 saturated carbocycles. The van der Waals surface area contributed by atoms with Gasteiger partial charge in [0.2, 0.25) is 0 Å². The van der Waals surface area contributed by atoms with Crippen LogP contribution in [0, 0.1) is 23.2 Å². The van der Waals surface area contributed by atoms with Crippen molar-refractivity contribution < 1.29 is 0 Å². The Hall–Kier alpha value is -1.53. The summed E-state index contributed by atoms with van der Waals surface area (Å²) in [6.45, 7) is 6.66. The predicted molar refractivity (Wildman–Crippen MR) is 86.1 cm³/mol. The fraction of sp³-hybridized carbons (Fsp3) is 0.611. The summed E-state index contributed by atoms with van der Waals surface area (Å²) >= 11 is 0. The maximum Gasteiger partial charge on any atom is 0.0672 e. The molecule has 1 aromatic carbocycles. The van der Waals surface area contributed by atoms with E-state index in [1.165, 1.54) is 18.5 Å². The number of benzene rings is 1. The van der Waals surface area contributed by atoms with Crippen LogP contribution in [-0.4, -0.2) is 37.1 Å². The molecule has 3 heteroatoms. The second-order valence-corrected chi connectivity index (χ2v) is 6.58. The summed E-state index contributed by atoms with van der Waals surface area (Å²) < 4.78 is 0. The standard InChI is InChI=1S/C18H25N3/c1-15-7-8-16(14-19)18(13-15)21-11-9-20(10-12-21)17-5-3-2-4-6-17/h2-6,15-16,18H,7-13H2,1H3. The molecule has 0 bridgehead atoms. The Morgan fingerprint density at radius 3 is 2.43 bits per heavy atom. The van der Waals surface area contributed by atoms with E-state index in [4.69, 9.17) is 0 Å². The van der Waals surface area contributed by atoms with E-state index in [1.807, 2.05) is 0 Å². The molecule has 3 nitrogen and oxygen atoms in total. The van der Waals surface area contributed by atoms with Gasteiger partial charge in [-0.05, 0) is 37.3 Å². The van der Waals surface area contributed by atoms with E-state index in [1.54, 1.807) is 0 Å². The summed E-state index contributed by atoms with van der Waals surface area (Å²) in [7, 11) is 0. The van der Waals surface area contributed by atoms with E-state index in [0.29, 0.717) is 6.04 Å². The molecule has 3 atom stereocenters. The van der Waals surface area contributed by atoms with Gasteiger partial charge in [-0.25, -0.2) is 0 Å². The molecule has 0 amide bonds. The third kappa shape index (κ3) is 3.22. The van der Waals surface area contributed by atoms with Crippen molar-refractivity contribution in [2.45, 2.75) is 32.2 Å². The van der Waals surface area contributed by atoms with Gasteiger partial charge in [0.25, 0.3) is 0 Å². The molecule has 0 N–H and O–H groups in total. The van der Waals surface area contributed by atoms with Gasteiger partial charge in [0.05, 0.1) is 12.0 Å². The van der Waals surface area contributed by atoms with Gasteiger partial charge < -0.3 is 4.90 Å². The fourth-order valence-corrected chi connectivity index (χ4v) is 3.86. The highest BCUT2D eigenvalue weighted by atomic mass is 15.3. The van der Waals surface area contributed by atoms with Crippen molar-refractivity contribution in [3.8, 4) is 6.07 Å². The van der Waals surface area contributed by atoms with Crippen molar-refractivity contribution in [3.05, 3.63) is 30.3 Å². The molecule has 2 aliphatic rings. The van der Waals surface area contributed by atoms with E-state index in [2.05, 4.69) is 53.1 Å². The Morgan fingerprint density at radius 2 is 1.76 bits per heavy atom. The van der Waals surface area contributed by atoms with Crippen LogP contribution >= 0.6 is 0 Å². The minimum absolute atomic E-state index is 0.240. The molecule has 2 fully saturated rings. The molecule has 1 saturated heterocycles. The highest BCUT2D eigenvalue weighted by molar-refractivity contribution is 5.46. The summed E-state index contributed by atoms with van der Waals surface area (Å²) in [6, 6.07) is 13.7. The molecule has 3 unspecified atom stereocenters. The van der Waals surface area contributed by atoms with Crippen molar-refractivity contribution in [2.75, 3.05) is 31.1 Å². The van der Waals surface area contributed by atoms with Crippen LogP contribution in [0.3, 0.4) is 0 Å². The highest BCUT2D eigenvalue weighted by Crippen LogP contribution is 2.32. The summed E-state index contributed by atoms with van der Waals surface area (Å²) in [4.78, 5) is 5.03. The molecule has 1 heterocycles. The van der Waals surface area contributed by atoms with Gasteiger partial charge in [0, 0.05) is 37.9 Å². The van der Waals surface area contributed by atoms with Crippen LogP contribution in [0.2, 0.25) is 0 Å². The summed E-state index contributed by atoms with van der Waals surface area (Å²) in [5.74, 6) is 1.01. The molecule has 112 valence electrons. The van der Waals surface area contributed by atoms with Gasteiger partial charge >= 0.3 is 0 Å². The van der Waals surface area contributed by atoms with E-state index < -0.39 is 0 Å². The van der Waals surface area contributed by atoms with Crippen LogP contribution in [0.1, 0.15) is 26.2 Å². The Morgan fingerprint density at radius 1 is 1.05 bits per heavy atom. The third-order valence-electron chi connectivity index (χ3n) is 5.15. The van der Waals surface area contributed by atoms with Gasteiger partial charge in [-0.3, -0.25) is 4.90 Å².